The number of anilines is 1. The first-order chi connectivity index (χ1) is 13.3. The van der Waals surface area contributed by atoms with Crippen LogP contribution in [0.5, 0.6) is 0 Å². The van der Waals surface area contributed by atoms with Gasteiger partial charge in [-0.2, -0.15) is 9.50 Å². The molecule has 0 amide bonds. The molecule has 0 radical (unpaired) electrons. The number of halogens is 3. The molecule has 0 N–H and O–H groups in total. The van der Waals surface area contributed by atoms with E-state index in [4.69, 9.17) is 23.2 Å². The van der Waals surface area contributed by atoms with Crippen LogP contribution in [0.3, 0.4) is 0 Å². The highest BCUT2D eigenvalue weighted by Crippen LogP contribution is 2.30. The second-order valence-corrected chi connectivity index (χ2v) is 8.10. The fourth-order valence-electron chi connectivity index (χ4n) is 2.66. The Kier molecular flexibility index (Phi) is 4.82. The normalized spacial score (nSPS) is 12.1. The molecule has 0 unspecified atom stereocenters. The van der Waals surface area contributed by atoms with E-state index in [0.717, 1.165) is 17.3 Å². The van der Waals surface area contributed by atoms with Gasteiger partial charge in [-0.25, -0.2) is 4.39 Å². The molecule has 142 valence electrons. The molecular weight excluding hydrogens is 422 g/mol. The highest BCUT2D eigenvalue weighted by molar-refractivity contribution is 7.15. The van der Waals surface area contributed by atoms with Crippen molar-refractivity contribution in [3.63, 3.8) is 0 Å². The lowest BCUT2D eigenvalue weighted by molar-refractivity contribution is 0.628. The van der Waals surface area contributed by atoms with Gasteiger partial charge in [0.25, 0.3) is 5.56 Å². The summed E-state index contributed by atoms with van der Waals surface area (Å²) >= 11 is 13.0. The molecule has 0 spiro atoms. The Morgan fingerprint density at radius 1 is 1.14 bits per heavy atom. The Bertz CT molecular complexity index is 1300. The van der Waals surface area contributed by atoms with Crippen LogP contribution < -0.4 is 15.0 Å². The van der Waals surface area contributed by atoms with E-state index in [1.165, 1.54) is 21.9 Å². The monoisotopic (exact) mass is 434 g/mol. The Morgan fingerprint density at radius 2 is 1.86 bits per heavy atom. The third-order valence-electron chi connectivity index (χ3n) is 4.14. The predicted molar refractivity (Wildman–Crippen MR) is 112 cm³/mol. The zero-order chi connectivity index (χ0) is 20.0. The molecule has 0 bridgehead atoms. The van der Waals surface area contributed by atoms with Gasteiger partial charge in [-0.05, 0) is 35.9 Å². The Labute approximate surface area is 173 Å². The SMILES string of the molecule is CN(C)c1ccc(C=c2sc3nc(-c4cc(F)c(Cl)cc4Cl)nn3c2=O)cc1. The molecule has 2 aromatic heterocycles. The number of hydrogen-bond donors (Lipinski definition) is 0. The predicted octanol–water partition coefficient (Wildman–Crippen LogP) is 3.88. The summed E-state index contributed by atoms with van der Waals surface area (Å²) in [6.45, 7) is 0. The largest absolute Gasteiger partial charge is 0.378 e. The highest BCUT2D eigenvalue weighted by Gasteiger charge is 2.16. The first kappa shape index (κ1) is 18.9. The summed E-state index contributed by atoms with van der Waals surface area (Å²) in [5.74, 6) is -0.456. The maximum absolute atomic E-state index is 13.8. The van der Waals surface area contributed by atoms with E-state index >= 15 is 0 Å². The van der Waals surface area contributed by atoms with Crippen molar-refractivity contribution >= 4 is 51.3 Å². The van der Waals surface area contributed by atoms with Gasteiger partial charge in [0.15, 0.2) is 5.82 Å². The quantitative estimate of drug-likeness (QED) is 0.459. The van der Waals surface area contributed by atoms with Gasteiger partial charge in [-0.3, -0.25) is 4.79 Å². The average molecular weight is 435 g/mol. The smallest absolute Gasteiger partial charge is 0.291 e. The van der Waals surface area contributed by atoms with Gasteiger partial charge in [-0.15, -0.1) is 5.10 Å². The topological polar surface area (TPSA) is 50.5 Å². The lowest BCUT2D eigenvalue weighted by Gasteiger charge is -2.11. The van der Waals surface area contributed by atoms with E-state index in [2.05, 4.69) is 10.1 Å². The minimum absolute atomic E-state index is 0.0866. The van der Waals surface area contributed by atoms with Crippen LogP contribution in [0.15, 0.2) is 41.2 Å². The van der Waals surface area contributed by atoms with Gasteiger partial charge >= 0.3 is 0 Å². The van der Waals surface area contributed by atoms with Crippen LogP contribution >= 0.6 is 34.5 Å². The molecule has 9 heteroatoms. The van der Waals surface area contributed by atoms with Crippen molar-refractivity contribution in [3.8, 4) is 11.4 Å². The molecule has 0 aliphatic rings. The van der Waals surface area contributed by atoms with Crippen LogP contribution in [0.2, 0.25) is 10.0 Å². The van der Waals surface area contributed by atoms with Crippen molar-refractivity contribution in [3.05, 3.63) is 72.7 Å². The Hall–Kier alpha value is -2.48. The van der Waals surface area contributed by atoms with E-state index in [-0.39, 0.29) is 27.0 Å². The van der Waals surface area contributed by atoms with E-state index < -0.39 is 5.82 Å². The Morgan fingerprint density at radius 3 is 2.50 bits per heavy atom. The third kappa shape index (κ3) is 3.37. The van der Waals surface area contributed by atoms with Crippen molar-refractivity contribution in [2.45, 2.75) is 0 Å². The average Bonchev–Trinajstić information content (AvgIpc) is 3.18. The molecule has 0 saturated heterocycles. The number of hydrogen-bond acceptors (Lipinski definition) is 5. The number of nitrogens with zero attached hydrogens (tertiary/aromatic N) is 4. The van der Waals surface area contributed by atoms with Crippen molar-refractivity contribution in [2.24, 2.45) is 0 Å². The van der Waals surface area contributed by atoms with Crippen LogP contribution in [0.25, 0.3) is 22.4 Å². The second kappa shape index (κ2) is 7.16. The molecule has 0 aliphatic carbocycles. The van der Waals surface area contributed by atoms with Crippen LogP contribution in [0.4, 0.5) is 10.1 Å². The Balaban J connectivity index is 1.76. The lowest BCUT2D eigenvalue weighted by Crippen LogP contribution is -2.23. The summed E-state index contributed by atoms with van der Waals surface area (Å²) in [7, 11) is 3.93. The van der Waals surface area contributed by atoms with Gasteiger partial charge in [0.1, 0.15) is 5.82 Å². The highest BCUT2D eigenvalue weighted by atomic mass is 35.5. The van der Waals surface area contributed by atoms with Crippen LogP contribution in [-0.4, -0.2) is 28.7 Å². The van der Waals surface area contributed by atoms with Crippen LogP contribution in [0.1, 0.15) is 5.56 Å². The van der Waals surface area contributed by atoms with E-state index in [1.54, 1.807) is 6.08 Å². The molecule has 4 aromatic rings. The third-order valence-corrected chi connectivity index (χ3v) is 5.70. The van der Waals surface area contributed by atoms with Gasteiger partial charge in [-0.1, -0.05) is 46.7 Å². The van der Waals surface area contributed by atoms with Crippen molar-refractivity contribution in [1.29, 1.82) is 0 Å². The maximum Gasteiger partial charge on any atom is 0.291 e. The minimum Gasteiger partial charge on any atom is -0.378 e. The van der Waals surface area contributed by atoms with Crippen LogP contribution in [0, 0.1) is 5.82 Å². The molecule has 0 atom stereocenters. The summed E-state index contributed by atoms with van der Waals surface area (Å²) in [5, 5.41) is 4.32. The van der Waals surface area contributed by atoms with Gasteiger partial charge in [0.05, 0.1) is 14.6 Å². The van der Waals surface area contributed by atoms with Gasteiger partial charge in [0, 0.05) is 25.3 Å². The van der Waals surface area contributed by atoms with Crippen LogP contribution in [-0.2, 0) is 0 Å². The van der Waals surface area contributed by atoms with E-state index in [1.807, 2.05) is 43.3 Å². The number of fused-ring (bicyclic) bond motifs is 1. The molecule has 2 aromatic carbocycles. The molecule has 0 aliphatic heterocycles. The van der Waals surface area contributed by atoms with Gasteiger partial charge in [0.2, 0.25) is 4.96 Å². The van der Waals surface area contributed by atoms with Crippen molar-refractivity contribution in [1.82, 2.24) is 14.6 Å². The number of benzene rings is 2. The van der Waals surface area contributed by atoms with Crippen molar-refractivity contribution < 1.29 is 4.39 Å². The summed E-state index contributed by atoms with van der Waals surface area (Å²) in [6, 6.07) is 10.3. The van der Waals surface area contributed by atoms with E-state index in [0.29, 0.717) is 9.49 Å². The first-order valence-electron chi connectivity index (χ1n) is 8.17. The molecule has 0 saturated carbocycles. The second-order valence-electron chi connectivity index (χ2n) is 6.28. The minimum atomic E-state index is -0.628. The zero-order valence-corrected chi connectivity index (χ0v) is 17.1. The molecule has 5 nitrogen and oxygen atoms in total. The summed E-state index contributed by atoms with van der Waals surface area (Å²) in [5.41, 5.74) is 1.96. The fraction of sp³-hybridized carbons (Fsp3) is 0.105. The fourth-order valence-corrected chi connectivity index (χ4v) is 4.04. The zero-order valence-electron chi connectivity index (χ0n) is 14.8. The number of aromatic nitrogens is 3. The summed E-state index contributed by atoms with van der Waals surface area (Å²) < 4.78 is 15.5. The standard InChI is InChI=1S/C19H13Cl2FN4OS/c1-25(2)11-5-3-10(4-6-11)7-16-18(27)26-19(28-16)23-17(24-26)12-8-15(22)14(21)9-13(12)20/h3-9H,1-2H3. The number of rotatable bonds is 3. The first-order valence-corrected chi connectivity index (χ1v) is 9.74. The molecule has 28 heavy (non-hydrogen) atoms. The van der Waals surface area contributed by atoms with E-state index in [9.17, 15) is 9.18 Å². The maximum atomic E-state index is 13.8. The van der Waals surface area contributed by atoms with Gasteiger partial charge < -0.3 is 4.90 Å². The van der Waals surface area contributed by atoms with Crippen molar-refractivity contribution in [2.75, 3.05) is 19.0 Å². The molecule has 0 fully saturated rings. The molecule has 2 heterocycles. The summed E-state index contributed by atoms with van der Waals surface area (Å²) in [4.78, 5) is 19.4. The molecular formula is C19H13Cl2FN4OS. The molecule has 4 rings (SSSR count). The lowest BCUT2D eigenvalue weighted by atomic mass is 10.2. The summed E-state index contributed by atoms with van der Waals surface area (Å²) in [6.07, 6.45) is 1.79. The number of thiazole rings is 1.